The van der Waals surface area contributed by atoms with Gasteiger partial charge in [-0.2, -0.15) is 4.31 Å². The summed E-state index contributed by atoms with van der Waals surface area (Å²) in [5, 5.41) is -0.848. The quantitative estimate of drug-likeness (QED) is 0.339. The smallest absolute Gasteiger partial charge is 0.220 e. The lowest BCUT2D eigenvalue weighted by Gasteiger charge is -2.28. The van der Waals surface area contributed by atoms with Crippen molar-refractivity contribution in [3.8, 4) is 11.5 Å². The number of hydrogen-bond acceptors (Lipinski definition) is 7. The van der Waals surface area contributed by atoms with Gasteiger partial charge in [-0.3, -0.25) is 0 Å². The molecular weight excluding hydrogens is 478 g/mol. The van der Waals surface area contributed by atoms with E-state index in [4.69, 9.17) is 14.2 Å². The molecule has 0 aliphatic rings. The van der Waals surface area contributed by atoms with Gasteiger partial charge in [-0.25, -0.2) is 18.4 Å². The van der Waals surface area contributed by atoms with Crippen molar-refractivity contribution in [1.29, 1.82) is 0 Å². The first-order chi connectivity index (χ1) is 17.2. The molecule has 0 N–H and O–H groups in total. The van der Waals surface area contributed by atoms with E-state index in [1.54, 1.807) is 26.6 Å². The van der Waals surface area contributed by atoms with Gasteiger partial charge in [0.1, 0.15) is 22.6 Å². The van der Waals surface area contributed by atoms with Crippen molar-refractivity contribution < 1.29 is 22.6 Å². The Balaban J connectivity index is 1.95. The first kappa shape index (κ1) is 27.6. The van der Waals surface area contributed by atoms with Crippen molar-refractivity contribution >= 4 is 10.0 Å². The maximum atomic E-state index is 14.1. The fourth-order valence-corrected chi connectivity index (χ4v) is 5.28. The van der Waals surface area contributed by atoms with Gasteiger partial charge in [0.25, 0.3) is 0 Å². The molecule has 0 spiro atoms. The van der Waals surface area contributed by atoms with E-state index in [0.717, 1.165) is 16.7 Å². The molecule has 0 saturated heterocycles. The number of benzene rings is 2. The summed E-state index contributed by atoms with van der Waals surface area (Å²) in [6, 6.07) is 14.8. The van der Waals surface area contributed by atoms with Gasteiger partial charge < -0.3 is 14.2 Å². The van der Waals surface area contributed by atoms with Gasteiger partial charge in [0.15, 0.2) is 0 Å². The van der Waals surface area contributed by atoms with Crippen molar-refractivity contribution in [1.82, 2.24) is 14.3 Å². The summed E-state index contributed by atoms with van der Waals surface area (Å²) >= 11 is 0. The number of methoxy groups -OCH3 is 2. The number of sulfonamides is 1. The molecule has 3 aromatic rings. The fourth-order valence-electron chi connectivity index (χ4n) is 3.59. The van der Waals surface area contributed by atoms with Crippen LogP contribution in [0.5, 0.6) is 11.5 Å². The van der Waals surface area contributed by atoms with Gasteiger partial charge >= 0.3 is 0 Å². The maximum absolute atomic E-state index is 14.1. The highest BCUT2D eigenvalue weighted by Gasteiger charge is 2.34. The monoisotopic (exact) mass is 513 g/mol. The predicted octanol–water partition coefficient (Wildman–Crippen LogP) is 4.17. The number of rotatable bonds is 13. The van der Waals surface area contributed by atoms with Crippen LogP contribution in [0.15, 0.2) is 60.9 Å². The summed E-state index contributed by atoms with van der Waals surface area (Å²) in [6.45, 7) is 6.11. The van der Waals surface area contributed by atoms with E-state index in [1.807, 2.05) is 69.3 Å². The molecule has 0 radical (unpaired) electrons. The van der Waals surface area contributed by atoms with E-state index < -0.39 is 15.3 Å². The molecule has 0 unspecified atom stereocenters. The Kier molecular flexibility index (Phi) is 9.81. The zero-order valence-electron chi connectivity index (χ0n) is 21.5. The topological polar surface area (TPSA) is 90.9 Å². The summed E-state index contributed by atoms with van der Waals surface area (Å²) in [7, 11) is -0.631. The molecule has 2 aromatic carbocycles. The van der Waals surface area contributed by atoms with Gasteiger partial charge in [-0.1, -0.05) is 24.3 Å². The van der Waals surface area contributed by atoms with E-state index in [1.165, 1.54) is 4.31 Å². The third kappa shape index (κ3) is 7.74. The third-order valence-corrected chi connectivity index (χ3v) is 7.80. The molecule has 0 saturated carbocycles. The van der Waals surface area contributed by atoms with Crippen molar-refractivity contribution in [2.75, 3.05) is 20.8 Å². The van der Waals surface area contributed by atoms with E-state index in [2.05, 4.69) is 9.97 Å². The van der Waals surface area contributed by atoms with Crippen LogP contribution in [0, 0.1) is 6.92 Å². The molecule has 3 rings (SSSR count). The first-order valence-corrected chi connectivity index (χ1v) is 13.4. The molecule has 9 heteroatoms. The Labute approximate surface area is 214 Å². The van der Waals surface area contributed by atoms with Crippen LogP contribution in [-0.4, -0.2) is 54.9 Å². The Morgan fingerprint density at radius 3 is 1.72 bits per heavy atom. The van der Waals surface area contributed by atoms with Crippen LogP contribution in [0.1, 0.15) is 36.4 Å². The van der Waals surface area contributed by atoms with E-state index in [-0.39, 0.29) is 32.2 Å². The zero-order chi connectivity index (χ0) is 26.1. The standard InChI is InChI=1S/C27H35N3O5S/c1-20(2)35-19-26(14-27-28-15-21(3)16-29-27)36(31,32)30(17-22-6-10-24(33-4)11-7-22)18-23-8-12-25(34-5)13-9-23/h6-13,15-16,20,26H,14,17-19H2,1-5H3/t26-/m0/s1. The van der Waals surface area contributed by atoms with Gasteiger partial charge in [-0.15, -0.1) is 0 Å². The summed E-state index contributed by atoms with van der Waals surface area (Å²) in [4.78, 5) is 8.69. The fraction of sp³-hybridized carbons (Fsp3) is 0.407. The molecule has 1 heterocycles. The summed E-state index contributed by atoms with van der Waals surface area (Å²) in [5.74, 6) is 1.89. The summed E-state index contributed by atoms with van der Waals surface area (Å²) in [5.41, 5.74) is 2.61. The average Bonchev–Trinajstić information content (AvgIpc) is 2.88. The molecule has 0 amide bonds. The predicted molar refractivity (Wildman–Crippen MR) is 140 cm³/mol. The molecule has 0 fully saturated rings. The number of aryl methyl sites for hydroxylation is 1. The Hall–Kier alpha value is -3.01. The van der Waals surface area contributed by atoms with Crippen LogP contribution in [0.4, 0.5) is 0 Å². The lowest BCUT2D eigenvalue weighted by Crippen LogP contribution is -2.42. The van der Waals surface area contributed by atoms with Crippen LogP contribution in [0.2, 0.25) is 0 Å². The molecule has 8 nitrogen and oxygen atoms in total. The second-order valence-corrected chi connectivity index (χ2v) is 11.1. The van der Waals surface area contributed by atoms with Crippen molar-refractivity contribution in [2.45, 2.75) is 51.6 Å². The average molecular weight is 514 g/mol. The second kappa shape index (κ2) is 12.8. The van der Waals surface area contributed by atoms with Crippen molar-refractivity contribution in [2.24, 2.45) is 0 Å². The normalized spacial score (nSPS) is 12.6. The van der Waals surface area contributed by atoms with Crippen LogP contribution in [0.25, 0.3) is 0 Å². The third-order valence-electron chi connectivity index (χ3n) is 5.68. The van der Waals surface area contributed by atoms with Gasteiger partial charge in [-0.05, 0) is 61.7 Å². The largest absolute Gasteiger partial charge is 0.497 e. The minimum absolute atomic E-state index is 0.0406. The highest BCUT2D eigenvalue weighted by atomic mass is 32.2. The van der Waals surface area contributed by atoms with Crippen LogP contribution < -0.4 is 9.47 Å². The van der Waals surface area contributed by atoms with E-state index >= 15 is 0 Å². The Morgan fingerprint density at radius 2 is 1.31 bits per heavy atom. The zero-order valence-corrected chi connectivity index (χ0v) is 22.4. The molecule has 0 aliphatic carbocycles. The highest BCUT2D eigenvalue weighted by Crippen LogP contribution is 2.23. The van der Waals surface area contributed by atoms with Crippen molar-refractivity contribution in [3.05, 3.63) is 83.4 Å². The molecule has 194 valence electrons. The van der Waals surface area contributed by atoms with Gasteiger partial charge in [0.05, 0.1) is 26.9 Å². The number of nitrogens with zero attached hydrogens (tertiary/aromatic N) is 3. The number of hydrogen-bond donors (Lipinski definition) is 0. The number of ether oxygens (including phenoxy) is 3. The first-order valence-electron chi connectivity index (χ1n) is 11.8. The van der Waals surface area contributed by atoms with Crippen molar-refractivity contribution in [3.63, 3.8) is 0 Å². The molecule has 36 heavy (non-hydrogen) atoms. The molecule has 1 atom stereocenters. The molecular formula is C27H35N3O5S. The van der Waals surface area contributed by atoms with E-state index in [9.17, 15) is 8.42 Å². The SMILES string of the molecule is COc1ccc(CN(Cc2ccc(OC)cc2)S(=O)(=O)[C@H](COC(C)C)Cc2ncc(C)cn2)cc1. The Morgan fingerprint density at radius 1 is 0.833 bits per heavy atom. The Bertz CT molecular complexity index is 1130. The molecule has 0 aliphatic heterocycles. The van der Waals surface area contributed by atoms with Crippen LogP contribution in [0.3, 0.4) is 0 Å². The second-order valence-electron chi connectivity index (χ2n) is 8.89. The van der Waals surface area contributed by atoms with Crippen LogP contribution >= 0.6 is 0 Å². The lowest BCUT2D eigenvalue weighted by atomic mass is 10.2. The van der Waals surface area contributed by atoms with Crippen LogP contribution in [-0.2, 0) is 34.3 Å². The number of aromatic nitrogens is 2. The lowest BCUT2D eigenvalue weighted by molar-refractivity contribution is 0.0773. The van der Waals surface area contributed by atoms with Gasteiger partial charge in [0.2, 0.25) is 10.0 Å². The minimum atomic E-state index is -3.83. The van der Waals surface area contributed by atoms with Gasteiger partial charge in [0, 0.05) is 31.9 Å². The summed E-state index contributed by atoms with van der Waals surface area (Å²) in [6.07, 6.45) is 3.43. The maximum Gasteiger partial charge on any atom is 0.220 e. The minimum Gasteiger partial charge on any atom is -0.497 e. The molecule has 1 aromatic heterocycles. The molecule has 0 bridgehead atoms. The summed E-state index contributed by atoms with van der Waals surface area (Å²) < 4.78 is 46.0. The highest BCUT2D eigenvalue weighted by molar-refractivity contribution is 7.89. The van der Waals surface area contributed by atoms with E-state index in [0.29, 0.717) is 17.3 Å².